The Kier molecular flexibility index (Phi) is 8.69. The van der Waals surface area contributed by atoms with Crippen molar-refractivity contribution >= 4 is 23.2 Å². The van der Waals surface area contributed by atoms with E-state index in [1.54, 1.807) is 14.1 Å². The molecule has 29 heavy (non-hydrogen) atoms. The standard InChI is InChI=1S/C18H29F3N6OS/c1-4-27-9-5-6-13(27)10-23-17(24-11-16(28)26(2)3)22-8-7-15-25-14(12-29-15)18(19,20)21/h12-13H,4-11H2,1-3H3,(H2,22,23,24). The molecule has 1 saturated heterocycles. The topological polar surface area (TPSA) is 72.9 Å². The smallest absolute Gasteiger partial charge is 0.356 e. The molecule has 0 aliphatic carbocycles. The number of amides is 1. The first kappa shape index (κ1) is 23.4. The van der Waals surface area contributed by atoms with Gasteiger partial charge in [-0.25, -0.2) is 9.98 Å². The molecular formula is C18H29F3N6OS. The van der Waals surface area contributed by atoms with Gasteiger partial charge in [0, 0.05) is 45.0 Å². The minimum atomic E-state index is -4.42. The lowest BCUT2D eigenvalue weighted by atomic mass is 10.2. The molecule has 11 heteroatoms. The summed E-state index contributed by atoms with van der Waals surface area (Å²) in [6.07, 6.45) is -1.82. The second-order valence-corrected chi connectivity index (χ2v) is 8.00. The van der Waals surface area contributed by atoms with Crippen LogP contribution in [-0.4, -0.2) is 79.5 Å². The van der Waals surface area contributed by atoms with Crippen LogP contribution in [0.15, 0.2) is 10.4 Å². The second-order valence-electron chi connectivity index (χ2n) is 7.06. The van der Waals surface area contributed by atoms with Crippen molar-refractivity contribution < 1.29 is 18.0 Å². The van der Waals surface area contributed by atoms with Crippen LogP contribution < -0.4 is 10.6 Å². The summed E-state index contributed by atoms with van der Waals surface area (Å²) in [7, 11) is 3.33. The fourth-order valence-electron chi connectivity index (χ4n) is 3.06. The van der Waals surface area contributed by atoms with E-state index in [-0.39, 0.29) is 12.5 Å². The third-order valence-corrected chi connectivity index (χ3v) is 5.66. The maximum absolute atomic E-state index is 12.7. The van der Waals surface area contributed by atoms with Gasteiger partial charge in [0.05, 0.1) is 5.01 Å². The summed E-state index contributed by atoms with van der Waals surface area (Å²) in [4.78, 5) is 23.6. The van der Waals surface area contributed by atoms with Gasteiger partial charge in [0.25, 0.3) is 0 Å². The van der Waals surface area contributed by atoms with Crippen LogP contribution in [0.1, 0.15) is 30.5 Å². The van der Waals surface area contributed by atoms with Crippen LogP contribution in [0.4, 0.5) is 13.2 Å². The molecule has 1 unspecified atom stereocenters. The highest BCUT2D eigenvalue weighted by Crippen LogP contribution is 2.30. The Hall–Kier alpha value is -1.88. The number of guanidine groups is 1. The zero-order valence-corrected chi connectivity index (χ0v) is 17.9. The number of alkyl halides is 3. The van der Waals surface area contributed by atoms with Crippen molar-refractivity contribution in [2.24, 2.45) is 4.99 Å². The van der Waals surface area contributed by atoms with E-state index in [4.69, 9.17) is 0 Å². The summed E-state index contributed by atoms with van der Waals surface area (Å²) in [5, 5.41) is 7.80. The number of halogens is 3. The summed E-state index contributed by atoms with van der Waals surface area (Å²) in [5.41, 5.74) is -0.859. The molecule has 1 aromatic heterocycles. The van der Waals surface area contributed by atoms with Crippen LogP contribution in [0, 0.1) is 0 Å². The van der Waals surface area contributed by atoms with Crippen LogP contribution in [0.3, 0.4) is 0 Å². The van der Waals surface area contributed by atoms with Gasteiger partial charge in [-0.3, -0.25) is 9.69 Å². The molecule has 0 bridgehead atoms. The maximum Gasteiger partial charge on any atom is 0.434 e. The zero-order valence-electron chi connectivity index (χ0n) is 17.1. The molecule has 0 radical (unpaired) electrons. The summed E-state index contributed by atoms with van der Waals surface area (Å²) in [6.45, 7) is 5.26. The third-order valence-electron chi connectivity index (χ3n) is 4.76. The minimum absolute atomic E-state index is 0.0000338. The van der Waals surface area contributed by atoms with Gasteiger partial charge >= 0.3 is 6.18 Å². The molecule has 2 rings (SSSR count). The molecule has 7 nitrogen and oxygen atoms in total. The van der Waals surface area contributed by atoms with E-state index >= 15 is 0 Å². The first-order chi connectivity index (χ1) is 13.7. The predicted octanol–water partition coefficient (Wildman–Crippen LogP) is 1.81. The Balaban J connectivity index is 1.91. The van der Waals surface area contributed by atoms with Crippen molar-refractivity contribution in [2.75, 3.05) is 46.8 Å². The predicted molar refractivity (Wildman–Crippen MR) is 108 cm³/mol. The molecule has 1 aliphatic heterocycles. The van der Waals surface area contributed by atoms with Gasteiger partial charge in [-0.1, -0.05) is 6.92 Å². The van der Waals surface area contributed by atoms with Crippen molar-refractivity contribution in [1.29, 1.82) is 0 Å². The Morgan fingerprint density at radius 1 is 1.41 bits per heavy atom. The van der Waals surface area contributed by atoms with Crippen molar-refractivity contribution in [3.8, 4) is 0 Å². The second kappa shape index (κ2) is 10.8. The highest BCUT2D eigenvalue weighted by Gasteiger charge is 2.33. The normalized spacial score (nSPS) is 18.1. The fraction of sp³-hybridized carbons (Fsp3) is 0.722. The van der Waals surface area contributed by atoms with Gasteiger partial charge in [-0.05, 0) is 25.9 Å². The van der Waals surface area contributed by atoms with E-state index in [1.807, 2.05) is 0 Å². The van der Waals surface area contributed by atoms with Gasteiger partial charge in [0.1, 0.15) is 6.54 Å². The van der Waals surface area contributed by atoms with E-state index < -0.39 is 11.9 Å². The Morgan fingerprint density at radius 2 is 2.17 bits per heavy atom. The van der Waals surface area contributed by atoms with Crippen LogP contribution >= 0.6 is 11.3 Å². The molecule has 0 saturated carbocycles. The number of likely N-dealkylation sites (tertiary alicyclic amines) is 1. The number of nitrogens with zero attached hydrogens (tertiary/aromatic N) is 4. The lowest BCUT2D eigenvalue weighted by molar-refractivity contribution is -0.140. The molecule has 1 aromatic rings. The number of rotatable bonds is 8. The third kappa shape index (κ3) is 7.46. The van der Waals surface area contributed by atoms with Crippen LogP contribution in [0.5, 0.6) is 0 Å². The van der Waals surface area contributed by atoms with E-state index in [0.29, 0.717) is 36.5 Å². The van der Waals surface area contributed by atoms with Crippen molar-refractivity contribution in [3.05, 3.63) is 16.1 Å². The van der Waals surface area contributed by atoms with Crippen LogP contribution in [0.2, 0.25) is 0 Å². The molecule has 1 amide bonds. The number of hydrogen-bond acceptors (Lipinski definition) is 5. The molecule has 0 spiro atoms. The van der Waals surface area contributed by atoms with E-state index in [9.17, 15) is 18.0 Å². The summed E-state index contributed by atoms with van der Waals surface area (Å²) < 4.78 is 38.0. The highest BCUT2D eigenvalue weighted by atomic mass is 32.1. The monoisotopic (exact) mass is 434 g/mol. The molecule has 1 fully saturated rings. The van der Waals surface area contributed by atoms with Crippen LogP contribution in [0.25, 0.3) is 0 Å². The number of likely N-dealkylation sites (N-methyl/N-ethyl adjacent to an activating group) is 2. The van der Waals surface area contributed by atoms with Crippen molar-refractivity contribution in [1.82, 2.24) is 25.4 Å². The SMILES string of the molecule is CCN1CCCC1CNC(=NCC(=O)N(C)C)NCCc1nc(C(F)(F)F)cs1. The number of aliphatic imine (C=N–C) groups is 1. The van der Waals surface area contributed by atoms with Crippen molar-refractivity contribution in [2.45, 2.75) is 38.4 Å². The van der Waals surface area contributed by atoms with Crippen LogP contribution in [-0.2, 0) is 17.4 Å². The Morgan fingerprint density at radius 3 is 2.79 bits per heavy atom. The number of thiazole rings is 1. The largest absolute Gasteiger partial charge is 0.434 e. The van der Waals surface area contributed by atoms with E-state index in [0.717, 1.165) is 42.6 Å². The average Bonchev–Trinajstić information content (AvgIpc) is 3.31. The van der Waals surface area contributed by atoms with E-state index in [1.165, 1.54) is 4.90 Å². The van der Waals surface area contributed by atoms with Gasteiger partial charge in [0.15, 0.2) is 11.7 Å². The number of hydrogen-bond donors (Lipinski definition) is 2. The maximum atomic E-state index is 12.7. The lowest BCUT2D eigenvalue weighted by Crippen LogP contribution is -2.45. The number of carbonyl (C=O) groups is 1. The molecule has 1 aliphatic rings. The highest BCUT2D eigenvalue weighted by molar-refractivity contribution is 7.09. The van der Waals surface area contributed by atoms with Gasteiger partial charge < -0.3 is 15.5 Å². The van der Waals surface area contributed by atoms with Gasteiger partial charge in [0.2, 0.25) is 5.91 Å². The van der Waals surface area contributed by atoms with Gasteiger partial charge in [-0.2, -0.15) is 13.2 Å². The number of aromatic nitrogens is 1. The summed E-state index contributed by atoms with van der Waals surface area (Å²) in [6, 6.07) is 0.407. The molecule has 1 atom stereocenters. The number of carbonyl (C=O) groups excluding carboxylic acids is 1. The fourth-order valence-corrected chi connectivity index (χ4v) is 3.87. The Labute approximate surface area is 173 Å². The first-order valence-corrected chi connectivity index (χ1v) is 10.6. The molecule has 164 valence electrons. The first-order valence-electron chi connectivity index (χ1n) is 9.68. The Bertz CT molecular complexity index is 691. The minimum Gasteiger partial charge on any atom is -0.356 e. The average molecular weight is 435 g/mol. The quantitative estimate of drug-likeness (QED) is 0.482. The number of nitrogens with one attached hydrogen (secondary N) is 2. The van der Waals surface area contributed by atoms with Gasteiger partial charge in [-0.15, -0.1) is 11.3 Å². The lowest BCUT2D eigenvalue weighted by Gasteiger charge is -2.24. The summed E-state index contributed by atoms with van der Waals surface area (Å²) >= 11 is 0.988. The molecular weight excluding hydrogens is 405 g/mol. The van der Waals surface area contributed by atoms with E-state index in [2.05, 4.69) is 32.4 Å². The molecule has 2 N–H and O–H groups in total. The van der Waals surface area contributed by atoms with Crippen molar-refractivity contribution in [3.63, 3.8) is 0 Å². The molecule has 0 aromatic carbocycles. The molecule has 2 heterocycles. The zero-order chi connectivity index (χ0) is 21.4. The summed E-state index contributed by atoms with van der Waals surface area (Å²) in [5.74, 6) is 0.354.